The van der Waals surface area contributed by atoms with Crippen LogP contribution in [0, 0.1) is 0 Å². The number of hydrogen-bond donors (Lipinski definition) is 1. The minimum absolute atomic E-state index is 0.351. The van der Waals surface area contributed by atoms with Crippen LogP contribution in [-0.2, 0) is 16.1 Å². The van der Waals surface area contributed by atoms with Gasteiger partial charge < -0.3 is 9.30 Å². The largest absolute Gasteiger partial charge is 0.465 e. The van der Waals surface area contributed by atoms with Gasteiger partial charge in [0.2, 0.25) is 0 Å². The maximum atomic E-state index is 11.8. The van der Waals surface area contributed by atoms with Crippen molar-refractivity contribution in [2.75, 3.05) is 7.11 Å². The van der Waals surface area contributed by atoms with Crippen LogP contribution in [0.3, 0.4) is 0 Å². The molecule has 2 aromatic carbocycles. The average Bonchev–Trinajstić information content (AvgIpc) is 3.25. The van der Waals surface area contributed by atoms with Gasteiger partial charge in [0.05, 0.1) is 17.6 Å². The lowest BCUT2D eigenvalue weighted by Gasteiger charge is -2.07. The number of nitrogens with zero attached hydrogens (tertiary/aromatic N) is 1. The fraction of sp³-hybridized carbons (Fsp3) is 0.0952. The van der Waals surface area contributed by atoms with Gasteiger partial charge in [-0.1, -0.05) is 24.3 Å². The van der Waals surface area contributed by atoms with Gasteiger partial charge in [-0.2, -0.15) is 0 Å². The minimum atomic E-state index is -0.364. The van der Waals surface area contributed by atoms with Crippen molar-refractivity contribution < 1.29 is 19.1 Å². The summed E-state index contributed by atoms with van der Waals surface area (Å²) in [6.45, 7) is 0.638. The smallest absolute Gasteiger partial charge is 0.337 e. The van der Waals surface area contributed by atoms with Crippen LogP contribution >= 0.6 is 11.8 Å². The Morgan fingerprint density at radius 1 is 1.14 bits per heavy atom. The SMILES string of the molecule is COC(=O)c1ccc(Cn2ccc3c(/C=C4\SC(=O)NC4=O)cccc32)cc1. The number of aromatic nitrogens is 1. The van der Waals surface area contributed by atoms with Crippen LogP contribution in [0.2, 0.25) is 0 Å². The fourth-order valence-corrected chi connectivity index (χ4v) is 3.81. The molecular formula is C21H16N2O4S. The number of rotatable bonds is 4. The summed E-state index contributed by atoms with van der Waals surface area (Å²) < 4.78 is 6.82. The molecule has 2 heterocycles. The van der Waals surface area contributed by atoms with Gasteiger partial charge in [-0.3, -0.25) is 14.9 Å². The van der Waals surface area contributed by atoms with Crippen LogP contribution in [0.15, 0.2) is 59.6 Å². The Morgan fingerprint density at radius 2 is 1.93 bits per heavy atom. The number of thioether (sulfide) groups is 1. The number of imide groups is 1. The van der Waals surface area contributed by atoms with E-state index in [9.17, 15) is 14.4 Å². The molecule has 1 N–H and O–H groups in total. The van der Waals surface area contributed by atoms with Crippen molar-refractivity contribution in [2.45, 2.75) is 6.54 Å². The molecule has 1 aliphatic rings. The van der Waals surface area contributed by atoms with Crippen molar-refractivity contribution in [3.8, 4) is 0 Å². The van der Waals surface area contributed by atoms with E-state index in [0.29, 0.717) is 17.0 Å². The van der Waals surface area contributed by atoms with E-state index in [-0.39, 0.29) is 17.1 Å². The second-order valence-electron chi connectivity index (χ2n) is 6.26. The number of esters is 1. The molecular weight excluding hydrogens is 376 g/mol. The molecule has 6 nitrogen and oxygen atoms in total. The summed E-state index contributed by atoms with van der Waals surface area (Å²) in [5.74, 6) is -0.722. The number of amides is 2. The van der Waals surface area contributed by atoms with E-state index in [0.717, 1.165) is 33.8 Å². The third-order valence-corrected chi connectivity index (χ3v) is 5.31. The van der Waals surface area contributed by atoms with Crippen molar-refractivity contribution in [3.63, 3.8) is 0 Å². The van der Waals surface area contributed by atoms with Crippen LogP contribution in [0.5, 0.6) is 0 Å². The number of carbonyl (C=O) groups excluding carboxylic acids is 3. The van der Waals surface area contributed by atoms with Gasteiger partial charge >= 0.3 is 5.97 Å². The maximum Gasteiger partial charge on any atom is 0.337 e. The maximum absolute atomic E-state index is 11.8. The topological polar surface area (TPSA) is 77.4 Å². The molecule has 2 amide bonds. The summed E-state index contributed by atoms with van der Waals surface area (Å²) in [7, 11) is 1.36. The molecule has 0 saturated carbocycles. The molecule has 140 valence electrons. The normalized spacial score (nSPS) is 15.2. The summed E-state index contributed by atoms with van der Waals surface area (Å²) >= 11 is 0.909. The van der Waals surface area contributed by atoms with Crippen molar-refractivity contribution in [2.24, 2.45) is 0 Å². The van der Waals surface area contributed by atoms with Crippen molar-refractivity contribution in [1.29, 1.82) is 0 Å². The molecule has 4 rings (SSSR count). The lowest BCUT2D eigenvalue weighted by molar-refractivity contribution is -0.115. The van der Waals surface area contributed by atoms with Gasteiger partial charge in [0.1, 0.15) is 0 Å². The van der Waals surface area contributed by atoms with E-state index >= 15 is 0 Å². The third-order valence-electron chi connectivity index (χ3n) is 4.50. The molecule has 0 unspecified atom stereocenters. The van der Waals surface area contributed by atoms with Crippen LogP contribution in [0.4, 0.5) is 4.79 Å². The minimum Gasteiger partial charge on any atom is -0.465 e. The standard InChI is InChI=1S/C21H16N2O4S/c1-27-20(25)14-7-5-13(6-8-14)12-23-10-9-16-15(3-2-4-17(16)23)11-18-19(24)22-21(26)28-18/h2-11H,12H2,1H3,(H,22,24,26)/b18-11-. The van der Waals surface area contributed by atoms with E-state index in [1.54, 1.807) is 18.2 Å². The van der Waals surface area contributed by atoms with Gasteiger partial charge in [-0.05, 0) is 53.2 Å². The zero-order chi connectivity index (χ0) is 19.7. The van der Waals surface area contributed by atoms with Gasteiger partial charge in [-0.25, -0.2) is 4.79 Å². The zero-order valence-electron chi connectivity index (χ0n) is 15.0. The van der Waals surface area contributed by atoms with Gasteiger partial charge in [0.25, 0.3) is 11.1 Å². The summed E-state index contributed by atoms with van der Waals surface area (Å²) in [5.41, 5.74) is 3.45. The van der Waals surface area contributed by atoms with Gasteiger partial charge in [0.15, 0.2) is 0 Å². The molecule has 1 fully saturated rings. The number of methoxy groups -OCH3 is 1. The highest BCUT2D eigenvalue weighted by Gasteiger charge is 2.25. The summed E-state index contributed by atoms with van der Waals surface area (Å²) in [4.78, 5) is 35.1. The number of ether oxygens (including phenoxy) is 1. The first-order valence-corrected chi connectivity index (χ1v) is 9.37. The van der Waals surface area contributed by atoms with Crippen LogP contribution < -0.4 is 5.32 Å². The monoisotopic (exact) mass is 392 g/mol. The number of fused-ring (bicyclic) bond motifs is 1. The summed E-state index contributed by atoms with van der Waals surface area (Å²) in [6, 6.07) is 15.1. The van der Waals surface area contributed by atoms with Gasteiger partial charge in [-0.15, -0.1) is 0 Å². The summed E-state index contributed by atoms with van der Waals surface area (Å²) in [5, 5.41) is 2.91. The van der Waals surface area contributed by atoms with Crippen LogP contribution in [-0.4, -0.2) is 28.8 Å². The summed E-state index contributed by atoms with van der Waals surface area (Å²) in [6.07, 6.45) is 3.72. The molecule has 0 bridgehead atoms. The van der Waals surface area contributed by atoms with Crippen molar-refractivity contribution in [3.05, 3.63) is 76.3 Å². The second kappa shape index (κ2) is 7.36. The third kappa shape index (κ3) is 3.44. The molecule has 0 aliphatic carbocycles. The van der Waals surface area contributed by atoms with E-state index in [1.807, 2.05) is 42.6 Å². The van der Waals surface area contributed by atoms with Crippen molar-refractivity contribution >= 4 is 45.9 Å². The number of benzene rings is 2. The number of hydrogen-bond acceptors (Lipinski definition) is 5. The highest BCUT2D eigenvalue weighted by Crippen LogP contribution is 2.29. The molecule has 0 spiro atoms. The van der Waals surface area contributed by atoms with Crippen molar-refractivity contribution in [1.82, 2.24) is 9.88 Å². The molecule has 1 aromatic heterocycles. The van der Waals surface area contributed by atoms with E-state index in [2.05, 4.69) is 9.88 Å². The lowest BCUT2D eigenvalue weighted by Crippen LogP contribution is -2.17. The Kier molecular flexibility index (Phi) is 4.75. The lowest BCUT2D eigenvalue weighted by atomic mass is 10.1. The predicted octanol–water partition coefficient (Wildman–Crippen LogP) is 3.80. The van der Waals surface area contributed by atoms with E-state index in [4.69, 9.17) is 4.74 Å². The quantitative estimate of drug-likeness (QED) is 0.540. The van der Waals surface area contributed by atoms with Gasteiger partial charge in [0, 0.05) is 23.6 Å². The van der Waals surface area contributed by atoms with E-state index in [1.165, 1.54) is 7.11 Å². The second-order valence-corrected chi connectivity index (χ2v) is 7.28. The molecule has 28 heavy (non-hydrogen) atoms. The Hall–Kier alpha value is -3.32. The molecule has 3 aromatic rings. The molecule has 1 saturated heterocycles. The number of carbonyl (C=O) groups is 3. The number of nitrogens with one attached hydrogen (secondary N) is 1. The Bertz CT molecular complexity index is 1130. The average molecular weight is 392 g/mol. The Labute approximate surface area is 165 Å². The first-order valence-electron chi connectivity index (χ1n) is 8.55. The zero-order valence-corrected chi connectivity index (χ0v) is 15.8. The Balaban J connectivity index is 1.63. The molecule has 0 atom stereocenters. The van der Waals surface area contributed by atoms with Crippen LogP contribution in [0.25, 0.3) is 17.0 Å². The first kappa shape index (κ1) is 18.1. The Morgan fingerprint density at radius 3 is 2.61 bits per heavy atom. The first-order chi connectivity index (χ1) is 13.5. The van der Waals surface area contributed by atoms with E-state index < -0.39 is 0 Å². The molecule has 1 aliphatic heterocycles. The highest BCUT2D eigenvalue weighted by molar-refractivity contribution is 8.18. The highest BCUT2D eigenvalue weighted by atomic mass is 32.2. The molecule has 7 heteroatoms. The molecule has 0 radical (unpaired) electrons. The van der Waals surface area contributed by atoms with Crippen LogP contribution in [0.1, 0.15) is 21.5 Å². The predicted molar refractivity (Wildman–Crippen MR) is 108 cm³/mol. The fourth-order valence-electron chi connectivity index (χ4n) is 3.13.